The van der Waals surface area contributed by atoms with Gasteiger partial charge in [0.25, 0.3) is 0 Å². The van der Waals surface area contributed by atoms with Gasteiger partial charge < -0.3 is 15.0 Å². The molecule has 0 bridgehead atoms. The van der Waals surface area contributed by atoms with Gasteiger partial charge in [-0.3, -0.25) is 4.79 Å². The Hall–Kier alpha value is -1.55. The van der Waals surface area contributed by atoms with Crippen molar-refractivity contribution in [2.24, 2.45) is 0 Å². The molecule has 3 rings (SSSR count). The average Bonchev–Trinajstić information content (AvgIpc) is 3.24. The van der Waals surface area contributed by atoms with E-state index in [4.69, 9.17) is 4.74 Å². The minimum atomic E-state index is -0.346. The van der Waals surface area contributed by atoms with Crippen LogP contribution in [0.1, 0.15) is 44.1 Å². The normalized spacial score (nSPS) is 19.5. The second kappa shape index (κ2) is 7.35. The lowest BCUT2D eigenvalue weighted by molar-refractivity contribution is -0.123. The maximum absolute atomic E-state index is 12.6. The average molecular weight is 316 g/mol. The minimum Gasteiger partial charge on any atom is -0.496 e. The first-order chi connectivity index (χ1) is 11.3. The molecule has 4 heteroatoms. The smallest absolute Gasteiger partial charge is 0.230 e. The molecule has 0 aromatic heterocycles. The van der Waals surface area contributed by atoms with E-state index in [0.29, 0.717) is 0 Å². The van der Waals surface area contributed by atoms with Crippen molar-refractivity contribution in [3.63, 3.8) is 0 Å². The number of carbonyl (C=O) groups excluding carboxylic acids is 1. The van der Waals surface area contributed by atoms with E-state index in [0.717, 1.165) is 37.1 Å². The van der Waals surface area contributed by atoms with Crippen molar-refractivity contribution < 1.29 is 9.53 Å². The van der Waals surface area contributed by atoms with Crippen molar-refractivity contribution >= 4 is 5.91 Å². The summed E-state index contributed by atoms with van der Waals surface area (Å²) >= 11 is 0. The van der Waals surface area contributed by atoms with Crippen LogP contribution in [0.25, 0.3) is 0 Å². The molecule has 1 aliphatic heterocycles. The number of nitrogens with zero attached hydrogens (tertiary/aromatic N) is 1. The van der Waals surface area contributed by atoms with Crippen LogP contribution in [-0.4, -0.2) is 44.1 Å². The van der Waals surface area contributed by atoms with Crippen LogP contribution >= 0.6 is 0 Å². The van der Waals surface area contributed by atoms with Crippen LogP contribution in [0, 0.1) is 0 Å². The van der Waals surface area contributed by atoms with Crippen LogP contribution in [0.2, 0.25) is 0 Å². The summed E-state index contributed by atoms with van der Waals surface area (Å²) in [7, 11) is 1.67. The van der Waals surface area contributed by atoms with E-state index in [1.165, 1.54) is 38.9 Å². The summed E-state index contributed by atoms with van der Waals surface area (Å²) in [5.74, 6) is 0.998. The lowest BCUT2D eigenvalue weighted by atomic mass is 9.94. The van der Waals surface area contributed by atoms with Crippen LogP contribution < -0.4 is 10.1 Å². The first-order valence-electron chi connectivity index (χ1n) is 8.90. The van der Waals surface area contributed by atoms with Crippen molar-refractivity contribution in [3.05, 3.63) is 29.8 Å². The standard InChI is InChI=1S/C19H28N2O2/c1-23-17-9-3-2-8-16(17)19(10-11-19)18(22)20-12-4-5-13-21-14-6-7-15-21/h2-3,8-9H,4-7,10-15H2,1H3,(H,20,22). The number of benzene rings is 1. The highest BCUT2D eigenvalue weighted by Gasteiger charge is 2.52. The van der Waals surface area contributed by atoms with Gasteiger partial charge >= 0.3 is 0 Å². The van der Waals surface area contributed by atoms with E-state index in [2.05, 4.69) is 10.2 Å². The number of carbonyl (C=O) groups is 1. The molecule has 1 N–H and O–H groups in total. The van der Waals surface area contributed by atoms with E-state index in [-0.39, 0.29) is 11.3 Å². The molecule has 1 amide bonds. The van der Waals surface area contributed by atoms with Gasteiger partial charge in [-0.25, -0.2) is 0 Å². The monoisotopic (exact) mass is 316 g/mol. The van der Waals surface area contributed by atoms with Gasteiger partial charge in [-0.2, -0.15) is 0 Å². The van der Waals surface area contributed by atoms with E-state index in [9.17, 15) is 4.79 Å². The number of amides is 1. The number of hydrogen-bond donors (Lipinski definition) is 1. The van der Waals surface area contributed by atoms with Gasteiger partial charge in [0.2, 0.25) is 5.91 Å². The number of likely N-dealkylation sites (tertiary alicyclic amines) is 1. The van der Waals surface area contributed by atoms with Gasteiger partial charge in [0.15, 0.2) is 0 Å². The molecule has 1 saturated carbocycles. The van der Waals surface area contributed by atoms with Crippen molar-refractivity contribution in [2.45, 2.75) is 43.9 Å². The third kappa shape index (κ3) is 3.69. The summed E-state index contributed by atoms with van der Waals surface area (Å²) in [6.07, 6.45) is 6.77. The molecule has 0 atom stereocenters. The molecule has 0 unspecified atom stereocenters. The van der Waals surface area contributed by atoms with Crippen molar-refractivity contribution in [1.82, 2.24) is 10.2 Å². The molecule has 2 aliphatic rings. The minimum absolute atomic E-state index is 0.170. The summed E-state index contributed by atoms with van der Waals surface area (Å²) in [4.78, 5) is 15.2. The predicted molar refractivity (Wildman–Crippen MR) is 91.8 cm³/mol. The van der Waals surface area contributed by atoms with Gasteiger partial charge in [0.05, 0.1) is 12.5 Å². The van der Waals surface area contributed by atoms with Gasteiger partial charge in [-0.05, 0) is 64.2 Å². The molecule has 0 radical (unpaired) electrons. The van der Waals surface area contributed by atoms with Crippen LogP contribution in [0.4, 0.5) is 0 Å². The fourth-order valence-corrected chi connectivity index (χ4v) is 3.62. The fourth-order valence-electron chi connectivity index (χ4n) is 3.62. The molecular weight excluding hydrogens is 288 g/mol. The number of ether oxygens (including phenoxy) is 1. The Labute approximate surface area is 139 Å². The molecule has 2 fully saturated rings. The number of hydrogen-bond acceptors (Lipinski definition) is 3. The Morgan fingerprint density at radius 1 is 1.22 bits per heavy atom. The predicted octanol–water partition coefficient (Wildman–Crippen LogP) is 2.72. The number of unbranched alkanes of at least 4 members (excludes halogenated alkanes) is 1. The molecule has 1 aliphatic carbocycles. The zero-order valence-electron chi connectivity index (χ0n) is 14.1. The molecule has 0 spiro atoms. The third-order valence-corrected chi connectivity index (χ3v) is 5.19. The molecule has 23 heavy (non-hydrogen) atoms. The summed E-state index contributed by atoms with van der Waals surface area (Å²) < 4.78 is 5.44. The van der Waals surface area contributed by atoms with Crippen LogP contribution in [0.5, 0.6) is 5.75 Å². The second-order valence-corrected chi connectivity index (χ2v) is 6.79. The molecule has 1 saturated heterocycles. The highest BCUT2D eigenvalue weighted by molar-refractivity contribution is 5.92. The quantitative estimate of drug-likeness (QED) is 0.750. The number of nitrogens with one attached hydrogen (secondary N) is 1. The zero-order valence-corrected chi connectivity index (χ0v) is 14.1. The number of methoxy groups -OCH3 is 1. The molecule has 4 nitrogen and oxygen atoms in total. The second-order valence-electron chi connectivity index (χ2n) is 6.79. The lowest BCUT2D eigenvalue weighted by Crippen LogP contribution is -2.35. The Balaban J connectivity index is 1.46. The highest BCUT2D eigenvalue weighted by Crippen LogP contribution is 2.51. The van der Waals surface area contributed by atoms with Crippen LogP contribution in [-0.2, 0) is 10.2 Å². The maximum atomic E-state index is 12.6. The molecule has 1 aromatic carbocycles. The van der Waals surface area contributed by atoms with Crippen molar-refractivity contribution in [1.29, 1.82) is 0 Å². The number of rotatable bonds is 8. The molecular formula is C19H28N2O2. The molecule has 1 heterocycles. The highest BCUT2D eigenvalue weighted by atomic mass is 16.5. The van der Waals surface area contributed by atoms with Crippen LogP contribution in [0.3, 0.4) is 0 Å². The Morgan fingerprint density at radius 3 is 2.65 bits per heavy atom. The first kappa shape index (κ1) is 16.3. The van der Waals surface area contributed by atoms with E-state index in [1.807, 2.05) is 24.3 Å². The first-order valence-corrected chi connectivity index (χ1v) is 8.90. The summed E-state index contributed by atoms with van der Waals surface area (Å²) in [6.45, 7) is 4.46. The topological polar surface area (TPSA) is 41.6 Å². The van der Waals surface area contributed by atoms with Gasteiger partial charge in [0.1, 0.15) is 5.75 Å². The van der Waals surface area contributed by atoms with E-state index >= 15 is 0 Å². The van der Waals surface area contributed by atoms with E-state index < -0.39 is 0 Å². The summed E-state index contributed by atoms with van der Waals surface area (Å²) in [6, 6.07) is 7.91. The summed E-state index contributed by atoms with van der Waals surface area (Å²) in [5, 5.41) is 3.15. The van der Waals surface area contributed by atoms with Crippen molar-refractivity contribution in [2.75, 3.05) is 33.3 Å². The molecule has 1 aromatic rings. The van der Waals surface area contributed by atoms with Crippen molar-refractivity contribution in [3.8, 4) is 5.75 Å². The zero-order chi connectivity index (χ0) is 16.1. The maximum Gasteiger partial charge on any atom is 0.230 e. The van der Waals surface area contributed by atoms with Gasteiger partial charge in [0, 0.05) is 12.1 Å². The van der Waals surface area contributed by atoms with Gasteiger partial charge in [-0.15, -0.1) is 0 Å². The van der Waals surface area contributed by atoms with E-state index in [1.54, 1.807) is 7.11 Å². The lowest BCUT2D eigenvalue weighted by Gasteiger charge is -2.19. The van der Waals surface area contributed by atoms with Gasteiger partial charge in [-0.1, -0.05) is 18.2 Å². The molecule has 126 valence electrons. The Kier molecular flexibility index (Phi) is 5.21. The Morgan fingerprint density at radius 2 is 1.96 bits per heavy atom. The van der Waals surface area contributed by atoms with Crippen LogP contribution in [0.15, 0.2) is 24.3 Å². The Bertz CT molecular complexity index is 534. The largest absolute Gasteiger partial charge is 0.496 e. The fraction of sp³-hybridized carbons (Fsp3) is 0.632. The third-order valence-electron chi connectivity index (χ3n) is 5.19. The SMILES string of the molecule is COc1ccccc1C1(C(=O)NCCCCN2CCCC2)CC1. The number of para-hydroxylation sites is 1. The summed E-state index contributed by atoms with van der Waals surface area (Å²) in [5.41, 5.74) is 0.693.